The maximum absolute atomic E-state index is 13.2. The Kier molecular flexibility index (Phi) is 10.9. The first-order chi connectivity index (χ1) is 22.3. The first kappa shape index (κ1) is 32.6. The molecule has 9 nitrogen and oxygen atoms in total. The van der Waals surface area contributed by atoms with E-state index in [0.717, 1.165) is 27.6 Å². The minimum Gasteiger partial charge on any atom is -0.508 e. The average Bonchev–Trinajstić information content (AvgIpc) is 3.50. The topological polar surface area (TPSA) is 136 Å². The Labute approximate surface area is 268 Å². The number of carbonyl (C=O) groups excluding carboxylic acids is 1. The van der Waals surface area contributed by atoms with Crippen LogP contribution in [0.4, 0.5) is 0 Å². The van der Waals surface area contributed by atoms with Crippen molar-refractivity contribution in [1.82, 2.24) is 15.6 Å². The Morgan fingerprint density at radius 3 is 2.46 bits per heavy atom. The summed E-state index contributed by atoms with van der Waals surface area (Å²) in [6.07, 6.45) is -0.0686. The van der Waals surface area contributed by atoms with E-state index >= 15 is 0 Å². The van der Waals surface area contributed by atoms with Gasteiger partial charge in [0.25, 0.3) is 5.91 Å². The predicted molar refractivity (Wildman–Crippen MR) is 178 cm³/mol. The molecule has 4 aromatic carbocycles. The number of aromatic nitrogens is 1. The van der Waals surface area contributed by atoms with Gasteiger partial charge in [0.1, 0.15) is 29.5 Å². The van der Waals surface area contributed by atoms with Crippen molar-refractivity contribution in [2.45, 2.75) is 52.2 Å². The van der Waals surface area contributed by atoms with Crippen molar-refractivity contribution < 1.29 is 29.6 Å². The number of benzene rings is 4. The van der Waals surface area contributed by atoms with Gasteiger partial charge in [-0.05, 0) is 79.4 Å². The minimum atomic E-state index is -0.784. The number of carbonyl (C=O) groups is 1. The van der Waals surface area contributed by atoms with E-state index < -0.39 is 6.10 Å². The molecule has 0 aliphatic carbocycles. The predicted octanol–water partition coefficient (Wildman–Crippen LogP) is 5.53. The second kappa shape index (κ2) is 15.4. The monoisotopic (exact) mass is 623 g/mol. The van der Waals surface area contributed by atoms with Crippen LogP contribution in [0, 0.1) is 0 Å². The van der Waals surface area contributed by atoms with Crippen LogP contribution in [0.3, 0.4) is 0 Å². The highest BCUT2D eigenvalue weighted by Crippen LogP contribution is 2.30. The molecule has 0 aliphatic heterocycles. The van der Waals surface area contributed by atoms with Crippen molar-refractivity contribution in [1.29, 1.82) is 0 Å². The van der Waals surface area contributed by atoms with Crippen molar-refractivity contribution in [2.75, 3.05) is 13.2 Å². The molecule has 240 valence electrons. The number of phenols is 1. The number of nitrogens with one attached hydrogen (secondary N) is 3. The van der Waals surface area contributed by atoms with Gasteiger partial charge in [0, 0.05) is 29.1 Å². The molecular weight excluding hydrogens is 582 g/mol. The maximum atomic E-state index is 13.2. The minimum absolute atomic E-state index is 0.00531. The van der Waals surface area contributed by atoms with Gasteiger partial charge in [0.2, 0.25) is 0 Å². The van der Waals surface area contributed by atoms with Crippen molar-refractivity contribution in [3.05, 3.63) is 125 Å². The van der Waals surface area contributed by atoms with Crippen LogP contribution >= 0.6 is 0 Å². The lowest BCUT2D eigenvalue weighted by Crippen LogP contribution is -2.32. The number of hydrogen-bond donors (Lipinski definition) is 6. The molecule has 5 rings (SSSR count). The molecule has 0 saturated heterocycles. The lowest BCUT2D eigenvalue weighted by atomic mass is 10.0. The summed E-state index contributed by atoms with van der Waals surface area (Å²) in [7, 11) is 0. The van der Waals surface area contributed by atoms with E-state index in [0.29, 0.717) is 54.5 Å². The highest BCUT2D eigenvalue weighted by molar-refractivity contribution is 5.98. The molecular formula is C37H41N3O6. The number of aromatic hydroxyl groups is 1. The summed E-state index contributed by atoms with van der Waals surface area (Å²) in [5.41, 5.74) is 5.23. The quantitative estimate of drug-likeness (QED) is 0.0903. The molecule has 0 radical (unpaired) electrons. The Hall–Kier alpha value is -4.83. The molecule has 5 aromatic rings. The molecule has 1 heterocycles. The normalized spacial score (nSPS) is 12.5. The van der Waals surface area contributed by atoms with Gasteiger partial charge >= 0.3 is 0 Å². The number of aliphatic hydroxyl groups excluding tert-OH is 2. The van der Waals surface area contributed by atoms with E-state index in [1.807, 2.05) is 80.6 Å². The molecule has 0 saturated carbocycles. The number of aromatic amines is 1. The van der Waals surface area contributed by atoms with Gasteiger partial charge < -0.3 is 40.4 Å². The Bertz CT molecular complexity index is 1750. The number of amides is 1. The fourth-order valence-electron chi connectivity index (χ4n) is 5.37. The van der Waals surface area contributed by atoms with E-state index in [1.165, 1.54) is 6.07 Å². The van der Waals surface area contributed by atoms with Crippen LogP contribution < -0.4 is 20.1 Å². The highest BCUT2D eigenvalue weighted by atomic mass is 16.5. The van der Waals surface area contributed by atoms with Crippen LogP contribution in [-0.2, 0) is 26.2 Å². The molecule has 0 spiro atoms. The van der Waals surface area contributed by atoms with Crippen LogP contribution in [0.1, 0.15) is 58.3 Å². The smallest absolute Gasteiger partial charge is 0.268 e. The van der Waals surface area contributed by atoms with Crippen LogP contribution in [0.2, 0.25) is 0 Å². The number of ether oxygens (including phenoxy) is 2. The molecule has 0 bridgehead atoms. The third-order valence-electron chi connectivity index (χ3n) is 7.84. The van der Waals surface area contributed by atoms with Crippen LogP contribution in [-0.4, -0.2) is 45.4 Å². The summed E-state index contributed by atoms with van der Waals surface area (Å²) in [5.74, 6) is 1.10. The molecule has 6 N–H and O–H groups in total. The molecule has 0 aliphatic rings. The van der Waals surface area contributed by atoms with Gasteiger partial charge in [0.15, 0.2) is 0 Å². The second-order valence-electron chi connectivity index (χ2n) is 11.3. The molecule has 2 atom stereocenters. The Morgan fingerprint density at radius 1 is 0.913 bits per heavy atom. The summed E-state index contributed by atoms with van der Waals surface area (Å²) in [5, 5.41) is 37.1. The third kappa shape index (κ3) is 8.25. The summed E-state index contributed by atoms with van der Waals surface area (Å²) < 4.78 is 12.0. The summed E-state index contributed by atoms with van der Waals surface area (Å²) in [4.78, 5) is 16.5. The lowest BCUT2D eigenvalue weighted by molar-refractivity contribution is 0.0946. The van der Waals surface area contributed by atoms with Crippen molar-refractivity contribution in [3.8, 4) is 17.2 Å². The van der Waals surface area contributed by atoms with Crippen molar-refractivity contribution >= 4 is 16.8 Å². The van der Waals surface area contributed by atoms with E-state index in [9.17, 15) is 20.1 Å². The zero-order chi connectivity index (χ0) is 32.5. The number of hydrogen-bond acceptors (Lipinski definition) is 7. The third-order valence-corrected chi connectivity index (χ3v) is 7.84. The number of aliphatic hydroxyl groups is 2. The maximum Gasteiger partial charge on any atom is 0.268 e. The largest absolute Gasteiger partial charge is 0.508 e. The SMILES string of the molecule is CCOc1cccc(OCc2ccccc2)c1CNC(=O)c1cc2cc(CC(C)NC[C@H](O)c3ccc(O)c(CO)c3)ccc2[nH]1. The highest BCUT2D eigenvalue weighted by Gasteiger charge is 2.16. The first-order valence-corrected chi connectivity index (χ1v) is 15.5. The van der Waals surface area contributed by atoms with Gasteiger partial charge in [0.05, 0.1) is 31.4 Å². The van der Waals surface area contributed by atoms with Gasteiger partial charge in [-0.2, -0.15) is 0 Å². The van der Waals surface area contributed by atoms with E-state index in [4.69, 9.17) is 9.47 Å². The first-order valence-electron chi connectivity index (χ1n) is 15.5. The molecule has 1 aromatic heterocycles. The van der Waals surface area contributed by atoms with Crippen molar-refractivity contribution in [2.24, 2.45) is 0 Å². The van der Waals surface area contributed by atoms with Gasteiger partial charge in [-0.25, -0.2) is 0 Å². The molecule has 1 unspecified atom stereocenters. The van der Waals surface area contributed by atoms with Gasteiger partial charge in [-0.15, -0.1) is 0 Å². The Morgan fingerprint density at radius 2 is 1.70 bits per heavy atom. The molecule has 0 fully saturated rings. The number of fused-ring (bicyclic) bond motifs is 1. The summed E-state index contributed by atoms with van der Waals surface area (Å²) in [6.45, 7) is 5.12. The van der Waals surface area contributed by atoms with Gasteiger partial charge in [-0.1, -0.05) is 48.5 Å². The molecule has 46 heavy (non-hydrogen) atoms. The van der Waals surface area contributed by atoms with Crippen LogP contribution in [0.25, 0.3) is 10.9 Å². The Balaban J connectivity index is 1.19. The van der Waals surface area contributed by atoms with Crippen LogP contribution in [0.15, 0.2) is 91.0 Å². The summed E-state index contributed by atoms with van der Waals surface area (Å²) >= 11 is 0. The number of H-pyrrole nitrogens is 1. The van der Waals surface area contributed by atoms with Crippen molar-refractivity contribution in [3.63, 3.8) is 0 Å². The molecule has 1 amide bonds. The zero-order valence-corrected chi connectivity index (χ0v) is 26.1. The summed E-state index contributed by atoms with van der Waals surface area (Å²) in [6, 6.07) is 28.3. The average molecular weight is 624 g/mol. The molecule has 9 heteroatoms. The van der Waals surface area contributed by atoms with E-state index in [1.54, 1.807) is 12.1 Å². The van der Waals surface area contributed by atoms with Gasteiger partial charge in [-0.3, -0.25) is 4.79 Å². The van der Waals surface area contributed by atoms with E-state index in [-0.39, 0.29) is 30.9 Å². The number of rotatable bonds is 15. The second-order valence-corrected chi connectivity index (χ2v) is 11.3. The zero-order valence-electron chi connectivity index (χ0n) is 26.1. The fraction of sp³-hybridized carbons (Fsp3) is 0.270. The van der Waals surface area contributed by atoms with Crippen LogP contribution in [0.5, 0.6) is 17.2 Å². The lowest BCUT2D eigenvalue weighted by Gasteiger charge is -2.18. The fourth-order valence-corrected chi connectivity index (χ4v) is 5.37. The van der Waals surface area contributed by atoms with E-state index in [2.05, 4.69) is 21.7 Å². The standard InChI is InChI=1S/C37H41N3O6/c1-3-45-35-10-7-11-36(46-23-25-8-5-4-6-9-25)30(35)20-39-37(44)32-19-28-17-26(12-14-31(28)40-32)16-24(2)38-21-34(43)27-13-15-33(42)29(18-27)22-41/h4-15,17-19,24,34,38,40-43H,3,16,20-23H2,1-2H3,(H,39,44)/t24?,34-/m0/s1.